The molecule has 0 unspecified atom stereocenters. The molecule has 0 aromatic rings. The summed E-state index contributed by atoms with van der Waals surface area (Å²) in [6, 6.07) is 0.162. The summed E-state index contributed by atoms with van der Waals surface area (Å²) in [5.41, 5.74) is 5.52. The lowest BCUT2D eigenvalue weighted by molar-refractivity contribution is 0.111. The van der Waals surface area contributed by atoms with E-state index in [2.05, 4.69) is 6.92 Å². The van der Waals surface area contributed by atoms with Gasteiger partial charge in [-0.3, -0.25) is 0 Å². The summed E-state index contributed by atoms with van der Waals surface area (Å²) in [6.07, 6.45) is 3.24. The van der Waals surface area contributed by atoms with Crippen LogP contribution in [0.3, 0.4) is 0 Å². The first-order valence-electron chi connectivity index (χ1n) is 6.29. The van der Waals surface area contributed by atoms with Gasteiger partial charge in [0.25, 0.3) is 0 Å². The maximum atomic E-state index is 12.3. The minimum Gasteiger partial charge on any atom is -0.328 e. The molecule has 94 valence electrons. The Balaban J connectivity index is 2.72. The van der Waals surface area contributed by atoms with Crippen molar-refractivity contribution >= 4 is 6.03 Å². The van der Waals surface area contributed by atoms with Gasteiger partial charge >= 0.3 is 6.03 Å². The van der Waals surface area contributed by atoms with Gasteiger partial charge < -0.3 is 15.5 Å². The van der Waals surface area contributed by atoms with Crippen LogP contribution >= 0.6 is 0 Å². The minimum absolute atomic E-state index is 0.162. The van der Waals surface area contributed by atoms with Crippen molar-refractivity contribution in [2.75, 3.05) is 26.2 Å². The molecule has 2 N–H and O–H groups in total. The number of nitrogens with two attached hydrogens (primary N) is 1. The Morgan fingerprint density at radius 1 is 1.38 bits per heavy atom. The van der Waals surface area contributed by atoms with E-state index in [1.807, 2.05) is 23.6 Å². The highest BCUT2D eigenvalue weighted by Gasteiger charge is 2.32. The third-order valence-electron chi connectivity index (χ3n) is 3.28. The molecule has 0 radical (unpaired) electrons. The molecule has 0 atom stereocenters. The van der Waals surface area contributed by atoms with E-state index in [-0.39, 0.29) is 11.6 Å². The van der Waals surface area contributed by atoms with Crippen molar-refractivity contribution in [1.29, 1.82) is 0 Å². The van der Waals surface area contributed by atoms with E-state index >= 15 is 0 Å². The molecule has 4 nitrogen and oxygen atoms in total. The number of carbonyl (C=O) groups excluding carboxylic acids is 1. The predicted octanol–water partition coefficient (Wildman–Crippen LogP) is 1.65. The number of rotatable bonds is 4. The van der Waals surface area contributed by atoms with E-state index in [0.717, 1.165) is 38.9 Å². The van der Waals surface area contributed by atoms with Crippen molar-refractivity contribution in [2.24, 2.45) is 5.73 Å². The first kappa shape index (κ1) is 13.3. The van der Waals surface area contributed by atoms with E-state index in [1.165, 1.54) is 0 Å². The third kappa shape index (κ3) is 2.88. The molecule has 1 fully saturated rings. The van der Waals surface area contributed by atoms with Gasteiger partial charge in [0.2, 0.25) is 0 Å². The Morgan fingerprint density at radius 2 is 1.94 bits per heavy atom. The molecule has 1 heterocycles. The normalized spacial score (nSPS) is 16.6. The van der Waals surface area contributed by atoms with Crippen LogP contribution in [0.15, 0.2) is 0 Å². The summed E-state index contributed by atoms with van der Waals surface area (Å²) in [6.45, 7) is 9.27. The van der Waals surface area contributed by atoms with Crippen molar-refractivity contribution in [3.05, 3.63) is 0 Å². The molecule has 4 heteroatoms. The second-order valence-electron chi connectivity index (χ2n) is 5.14. The van der Waals surface area contributed by atoms with Crippen LogP contribution in [0.1, 0.15) is 40.0 Å². The molecular weight excluding hydrogens is 202 g/mol. The number of carbonyl (C=O) groups is 1. The predicted molar refractivity (Wildman–Crippen MR) is 66.3 cm³/mol. The SMILES string of the molecule is CCCN(C(=O)N1CCCC1)C(C)(C)CN. The zero-order valence-electron chi connectivity index (χ0n) is 10.8. The number of urea groups is 1. The van der Waals surface area contributed by atoms with E-state index in [4.69, 9.17) is 5.73 Å². The molecule has 0 bridgehead atoms. The maximum Gasteiger partial charge on any atom is 0.320 e. The summed E-state index contributed by atoms with van der Waals surface area (Å²) < 4.78 is 0. The summed E-state index contributed by atoms with van der Waals surface area (Å²) in [4.78, 5) is 16.2. The van der Waals surface area contributed by atoms with Gasteiger partial charge in [0.15, 0.2) is 0 Å². The molecule has 1 aliphatic heterocycles. The van der Waals surface area contributed by atoms with Crippen LogP contribution in [0.25, 0.3) is 0 Å². The second kappa shape index (κ2) is 5.53. The highest BCUT2D eigenvalue weighted by atomic mass is 16.2. The fraction of sp³-hybridized carbons (Fsp3) is 0.917. The molecule has 2 amide bonds. The number of hydrogen-bond donors (Lipinski definition) is 1. The average Bonchev–Trinajstić information content (AvgIpc) is 2.78. The standard InChI is InChI=1S/C12H25N3O/c1-4-7-15(12(2,3)10-13)11(16)14-8-5-6-9-14/h4-10,13H2,1-3H3. The molecule has 1 saturated heterocycles. The van der Waals surface area contributed by atoms with Gasteiger partial charge in [-0.15, -0.1) is 0 Å². The van der Waals surface area contributed by atoms with Gasteiger partial charge in [-0.1, -0.05) is 6.92 Å². The molecule has 1 rings (SSSR count). The zero-order valence-corrected chi connectivity index (χ0v) is 10.8. The first-order valence-corrected chi connectivity index (χ1v) is 6.29. The molecule has 0 spiro atoms. The Hall–Kier alpha value is -0.770. The Bertz CT molecular complexity index is 234. The summed E-state index contributed by atoms with van der Waals surface area (Å²) in [5.74, 6) is 0. The Kier molecular flexibility index (Phi) is 4.59. The van der Waals surface area contributed by atoms with Crippen molar-refractivity contribution < 1.29 is 4.79 Å². The largest absolute Gasteiger partial charge is 0.328 e. The van der Waals surface area contributed by atoms with Crippen molar-refractivity contribution in [3.8, 4) is 0 Å². The Morgan fingerprint density at radius 3 is 2.38 bits per heavy atom. The van der Waals surface area contributed by atoms with Crippen LogP contribution in [0, 0.1) is 0 Å². The van der Waals surface area contributed by atoms with Gasteiger partial charge in [-0.05, 0) is 33.1 Å². The monoisotopic (exact) mass is 227 g/mol. The van der Waals surface area contributed by atoms with Gasteiger partial charge in [0.05, 0.1) is 5.54 Å². The van der Waals surface area contributed by atoms with E-state index < -0.39 is 0 Å². The van der Waals surface area contributed by atoms with Gasteiger partial charge in [-0.2, -0.15) is 0 Å². The van der Waals surface area contributed by atoms with Crippen LogP contribution in [-0.2, 0) is 0 Å². The van der Waals surface area contributed by atoms with E-state index in [9.17, 15) is 4.79 Å². The highest BCUT2D eigenvalue weighted by Crippen LogP contribution is 2.18. The van der Waals surface area contributed by atoms with Crippen molar-refractivity contribution in [3.63, 3.8) is 0 Å². The lowest BCUT2D eigenvalue weighted by Crippen LogP contribution is -2.56. The third-order valence-corrected chi connectivity index (χ3v) is 3.28. The maximum absolute atomic E-state index is 12.3. The van der Waals surface area contributed by atoms with Crippen molar-refractivity contribution in [2.45, 2.75) is 45.6 Å². The smallest absolute Gasteiger partial charge is 0.320 e. The van der Waals surface area contributed by atoms with Crippen LogP contribution in [0.2, 0.25) is 0 Å². The average molecular weight is 227 g/mol. The van der Waals surface area contributed by atoms with E-state index in [0.29, 0.717) is 6.54 Å². The van der Waals surface area contributed by atoms with Crippen LogP contribution in [-0.4, -0.2) is 47.5 Å². The summed E-state index contributed by atoms with van der Waals surface area (Å²) in [5, 5.41) is 0. The van der Waals surface area contributed by atoms with Crippen molar-refractivity contribution in [1.82, 2.24) is 9.80 Å². The number of amides is 2. The summed E-state index contributed by atoms with van der Waals surface area (Å²) >= 11 is 0. The van der Waals surface area contributed by atoms with Gasteiger partial charge in [0, 0.05) is 26.2 Å². The molecule has 16 heavy (non-hydrogen) atoms. The lowest BCUT2D eigenvalue weighted by Gasteiger charge is -2.39. The first-order chi connectivity index (χ1) is 7.53. The van der Waals surface area contributed by atoms with E-state index in [1.54, 1.807) is 0 Å². The van der Waals surface area contributed by atoms with Crippen LogP contribution in [0.4, 0.5) is 4.79 Å². The molecule has 1 aliphatic rings. The molecule has 0 saturated carbocycles. The number of hydrogen-bond acceptors (Lipinski definition) is 2. The molecular formula is C12H25N3O. The highest BCUT2D eigenvalue weighted by molar-refractivity contribution is 5.75. The fourth-order valence-electron chi connectivity index (χ4n) is 2.07. The quantitative estimate of drug-likeness (QED) is 0.794. The van der Waals surface area contributed by atoms with Crippen LogP contribution < -0.4 is 5.73 Å². The summed E-state index contributed by atoms with van der Waals surface area (Å²) in [7, 11) is 0. The number of nitrogens with zero attached hydrogens (tertiary/aromatic N) is 2. The fourth-order valence-corrected chi connectivity index (χ4v) is 2.07. The van der Waals surface area contributed by atoms with Gasteiger partial charge in [-0.25, -0.2) is 4.79 Å². The molecule has 0 aromatic carbocycles. The number of likely N-dealkylation sites (tertiary alicyclic amines) is 1. The lowest BCUT2D eigenvalue weighted by atomic mass is 10.0. The molecule has 0 aliphatic carbocycles. The van der Waals surface area contributed by atoms with Gasteiger partial charge in [0.1, 0.15) is 0 Å². The zero-order chi connectivity index (χ0) is 12.2. The minimum atomic E-state index is -0.240. The molecule has 0 aromatic heterocycles. The Labute approximate surface area is 98.8 Å². The van der Waals surface area contributed by atoms with Crippen LogP contribution in [0.5, 0.6) is 0 Å². The second-order valence-corrected chi connectivity index (χ2v) is 5.14. The topological polar surface area (TPSA) is 49.6 Å².